The second-order valence-corrected chi connectivity index (χ2v) is 14.9. The molecular formula is C33H43N9O6S. The van der Waals surface area contributed by atoms with Crippen LogP contribution in [0.5, 0.6) is 0 Å². The third kappa shape index (κ3) is 7.29. The van der Waals surface area contributed by atoms with Crippen molar-refractivity contribution < 1.29 is 27.5 Å². The van der Waals surface area contributed by atoms with Gasteiger partial charge in [-0.15, -0.1) is 9.89 Å². The average molecular weight is 694 g/mol. The van der Waals surface area contributed by atoms with Crippen LogP contribution in [0.2, 0.25) is 0 Å². The van der Waals surface area contributed by atoms with Gasteiger partial charge >= 0.3 is 12.0 Å². The smallest absolute Gasteiger partial charge is 0.328 e. The number of benzene rings is 2. The van der Waals surface area contributed by atoms with Crippen molar-refractivity contribution in [1.82, 2.24) is 24.9 Å². The molecule has 1 saturated heterocycles. The maximum absolute atomic E-state index is 14.1. The van der Waals surface area contributed by atoms with E-state index in [0.29, 0.717) is 47.7 Å². The number of nitrogens with zero attached hydrogens (tertiary/aromatic N) is 6. The zero-order valence-electron chi connectivity index (χ0n) is 28.8. The molecule has 1 atom stereocenters. The van der Waals surface area contributed by atoms with E-state index < -0.39 is 33.2 Å². The highest BCUT2D eigenvalue weighted by Gasteiger charge is 2.62. The summed E-state index contributed by atoms with van der Waals surface area (Å²) < 4.78 is 32.0. The number of hydrogen-bond donors (Lipinski definition) is 3. The molecule has 0 radical (unpaired) electrons. The fraction of sp³-hybridized carbons (Fsp3) is 0.455. The molecule has 262 valence electrons. The number of esters is 1. The third-order valence-corrected chi connectivity index (χ3v) is 8.83. The number of aromatic nitrogens is 3. The van der Waals surface area contributed by atoms with Crippen LogP contribution in [0.4, 0.5) is 21.9 Å². The highest BCUT2D eigenvalue weighted by atomic mass is 32.2. The number of sulfonamides is 1. The number of anilines is 3. The van der Waals surface area contributed by atoms with Crippen molar-refractivity contribution in [3.63, 3.8) is 0 Å². The molecule has 3 aromatic rings. The summed E-state index contributed by atoms with van der Waals surface area (Å²) in [6.07, 6.45) is 2.27. The zero-order valence-corrected chi connectivity index (χ0v) is 29.6. The van der Waals surface area contributed by atoms with E-state index in [0.717, 1.165) is 18.4 Å². The van der Waals surface area contributed by atoms with E-state index in [9.17, 15) is 22.8 Å². The van der Waals surface area contributed by atoms with Crippen molar-refractivity contribution in [1.29, 1.82) is 0 Å². The molecule has 0 bridgehead atoms. The number of carbonyl (C=O) groups excluding carboxylic acids is 3. The van der Waals surface area contributed by atoms with E-state index in [1.165, 1.54) is 9.69 Å². The number of aryl methyl sites for hydroxylation is 1. The number of amides is 3. The number of fused-ring (bicyclic) bond motifs is 2. The maximum Gasteiger partial charge on any atom is 0.328 e. The highest BCUT2D eigenvalue weighted by molar-refractivity contribution is 7.88. The van der Waals surface area contributed by atoms with Gasteiger partial charge < -0.3 is 20.3 Å². The van der Waals surface area contributed by atoms with Crippen LogP contribution < -0.4 is 25.2 Å². The summed E-state index contributed by atoms with van der Waals surface area (Å²) in [6.45, 7) is 12.3. The molecule has 2 aliphatic rings. The Bertz CT molecular complexity index is 1900. The Morgan fingerprint density at radius 2 is 1.84 bits per heavy atom. The van der Waals surface area contributed by atoms with Crippen LogP contribution >= 0.6 is 0 Å². The predicted molar refractivity (Wildman–Crippen MR) is 187 cm³/mol. The Labute approximate surface area is 286 Å². The molecule has 15 nitrogen and oxygen atoms in total. The fourth-order valence-electron chi connectivity index (χ4n) is 5.91. The molecule has 1 unspecified atom stereocenters. The molecule has 5 rings (SSSR count). The van der Waals surface area contributed by atoms with Crippen LogP contribution in [-0.4, -0.2) is 79.3 Å². The molecule has 3 amide bonds. The normalized spacial score (nSPS) is 17.7. The summed E-state index contributed by atoms with van der Waals surface area (Å²) in [5.74, 6) is -0.346. The van der Waals surface area contributed by atoms with Gasteiger partial charge in [0.05, 0.1) is 11.9 Å². The van der Waals surface area contributed by atoms with Crippen molar-refractivity contribution >= 4 is 50.7 Å². The Kier molecular flexibility index (Phi) is 9.84. The first-order chi connectivity index (χ1) is 23.1. The van der Waals surface area contributed by atoms with E-state index in [-0.39, 0.29) is 30.6 Å². The lowest BCUT2D eigenvalue weighted by atomic mass is 9.82. The van der Waals surface area contributed by atoms with E-state index in [1.807, 2.05) is 58.6 Å². The maximum atomic E-state index is 14.1. The molecule has 2 aliphatic heterocycles. The van der Waals surface area contributed by atoms with Crippen LogP contribution in [0.3, 0.4) is 0 Å². The van der Waals surface area contributed by atoms with Gasteiger partial charge in [0.2, 0.25) is 21.8 Å². The molecule has 2 aromatic carbocycles. The van der Waals surface area contributed by atoms with Crippen LogP contribution in [0.25, 0.3) is 11.4 Å². The molecular weight excluding hydrogens is 650 g/mol. The number of nitrogens with one attached hydrogen (secondary N) is 3. The molecule has 0 saturated carbocycles. The molecule has 49 heavy (non-hydrogen) atoms. The first-order valence-electron chi connectivity index (χ1n) is 16.1. The van der Waals surface area contributed by atoms with Gasteiger partial charge in [0, 0.05) is 48.4 Å². The Morgan fingerprint density at radius 3 is 2.45 bits per heavy atom. The lowest BCUT2D eigenvalue weighted by Crippen LogP contribution is -2.59. The number of hydrogen-bond acceptors (Lipinski definition) is 10. The lowest BCUT2D eigenvalue weighted by Gasteiger charge is -2.41. The summed E-state index contributed by atoms with van der Waals surface area (Å²) in [5.41, 5.74) is 0.956. The first kappa shape index (κ1) is 35.5. The summed E-state index contributed by atoms with van der Waals surface area (Å²) in [7, 11) is -3.34. The number of likely N-dealkylation sites (N-methyl/N-ethyl adjacent to an activating group) is 1. The SMILES string of the molecule is CCCC(=O)Nc1ccc(-c2nc3n(n2)N=C(C(C)(C)C)C32OC(=O)CNC(=O)N2c2ccc(N(CC)CCNS(C)(=O)=O)cc2C)cc1. The van der Waals surface area contributed by atoms with Gasteiger partial charge in [-0.05, 0) is 68.3 Å². The van der Waals surface area contributed by atoms with Crippen molar-refractivity contribution in [2.45, 2.75) is 60.1 Å². The van der Waals surface area contributed by atoms with Gasteiger partial charge in [-0.2, -0.15) is 5.10 Å². The minimum atomic E-state index is -3.34. The van der Waals surface area contributed by atoms with E-state index >= 15 is 0 Å². The van der Waals surface area contributed by atoms with Crippen LogP contribution in [0.1, 0.15) is 58.8 Å². The van der Waals surface area contributed by atoms with Crippen molar-refractivity contribution in [3.05, 3.63) is 53.9 Å². The van der Waals surface area contributed by atoms with Crippen LogP contribution in [-0.2, 0) is 30.1 Å². The van der Waals surface area contributed by atoms with Gasteiger partial charge in [0.1, 0.15) is 12.3 Å². The quantitative estimate of drug-likeness (QED) is 0.253. The van der Waals surface area contributed by atoms with E-state index in [4.69, 9.17) is 14.8 Å². The number of ether oxygens (including phenoxy) is 1. The summed E-state index contributed by atoms with van der Waals surface area (Å²) in [5, 5.41) is 15.0. The standard InChI is InChI=1S/C33H43N9O6S/c1-8-10-26(43)36-23-13-11-22(12-14-23)28-37-30-33(29(32(4,5)6)39-42(30)38-28)41(31(45)34-20-27(44)48-33)25-16-15-24(19-21(25)3)40(9-2)18-17-35-49(7,46)47/h11-16,19,35H,8-10,17-18,20H2,1-7H3,(H,34,45)(H,36,43). The van der Waals surface area contributed by atoms with Crippen molar-refractivity contribution in [2.24, 2.45) is 10.5 Å². The van der Waals surface area contributed by atoms with Crippen molar-refractivity contribution in [3.8, 4) is 11.4 Å². The molecule has 16 heteroatoms. The van der Waals surface area contributed by atoms with Gasteiger partial charge in [-0.3, -0.25) is 9.59 Å². The molecule has 1 spiro atoms. The van der Waals surface area contributed by atoms with Crippen LogP contribution in [0.15, 0.2) is 47.6 Å². The Hall–Kier alpha value is -4.83. The third-order valence-electron chi connectivity index (χ3n) is 8.10. The fourth-order valence-corrected chi connectivity index (χ4v) is 6.37. The summed E-state index contributed by atoms with van der Waals surface area (Å²) in [4.78, 5) is 49.0. The molecule has 1 fully saturated rings. The summed E-state index contributed by atoms with van der Waals surface area (Å²) >= 11 is 0. The largest absolute Gasteiger partial charge is 0.423 e. The molecule has 1 aromatic heterocycles. The van der Waals surface area contributed by atoms with Crippen LogP contribution in [0, 0.1) is 12.3 Å². The van der Waals surface area contributed by atoms with Gasteiger partial charge in [0.25, 0.3) is 5.72 Å². The second-order valence-electron chi connectivity index (χ2n) is 13.1. The number of urea groups is 1. The monoisotopic (exact) mass is 693 g/mol. The molecule has 0 aliphatic carbocycles. The Morgan fingerprint density at radius 1 is 1.12 bits per heavy atom. The topological polar surface area (TPSA) is 180 Å². The first-order valence-corrected chi connectivity index (χ1v) is 18.0. The minimum absolute atomic E-state index is 0.0800. The Balaban J connectivity index is 1.59. The summed E-state index contributed by atoms with van der Waals surface area (Å²) in [6, 6.07) is 11.9. The molecule has 3 heterocycles. The zero-order chi connectivity index (χ0) is 35.7. The average Bonchev–Trinajstić information content (AvgIpc) is 3.54. The lowest BCUT2D eigenvalue weighted by molar-refractivity contribution is -0.151. The molecule has 3 N–H and O–H groups in total. The highest BCUT2D eigenvalue weighted by Crippen LogP contribution is 2.46. The van der Waals surface area contributed by atoms with Crippen molar-refractivity contribution in [2.75, 3.05) is 47.6 Å². The number of carbonyl (C=O) groups is 3. The van der Waals surface area contributed by atoms with Gasteiger partial charge in [-0.25, -0.2) is 27.8 Å². The predicted octanol–water partition coefficient (Wildman–Crippen LogP) is 3.56. The van der Waals surface area contributed by atoms with E-state index in [1.54, 1.807) is 30.3 Å². The van der Waals surface area contributed by atoms with Gasteiger partial charge in [0.15, 0.2) is 5.82 Å². The minimum Gasteiger partial charge on any atom is -0.423 e. The number of rotatable bonds is 11. The van der Waals surface area contributed by atoms with Gasteiger partial charge in [-0.1, -0.05) is 27.7 Å². The van der Waals surface area contributed by atoms with E-state index in [2.05, 4.69) is 20.5 Å². The second kappa shape index (κ2) is 13.6.